The Kier molecular flexibility index (Phi) is 4.96. The number of nitrogens with one attached hydrogen (secondary N) is 1. The summed E-state index contributed by atoms with van der Waals surface area (Å²) in [6, 6.07) is 3.92. The van der Waals surface area contributed by atoms with E-state index in [1.807, 2.05) is 0 Å². The van der Waals surface area contributed by atoms with Crippen molar-refractivity contribution in [1.29, 1.82) is 0 Å². The smallest absolute Gasteiger partial charge is 0.326 e. The first-order valence-corrected chi connectivity index (χ1v) is 10.7. The molecule has 142 valence electrons. The van der Waals surface area contributed by atoms with Gasteiger partial charge in [0.25, 0.3) is 5.91 Å². The summed E-state index contributed by atoms with van der Waals surface area (Å²) in [4.78, 5) is 26.4. The van der Waals surface area contributed by atoms with Gasteiger partial charge in [-0.3, -0.25) is 9.52 Å². The summed E-state index contributed by atoms with van der Waals surface area (Å²) in [5, 5.41) is 9.59. The number of nitrogens with zero attached hydrogens (tertiary/aromatic N) is 1. The number of likely N-dealkylation sites (tertiary alicyclic amines) is 1. The molecule has 1 saturated heterocycles. The first-order chi connectivity index (χ1) is 12.2. The van der Waals surface area contributed by atoms with Crippen molar-refractivity contribution in [2.24, 2.45) is 5.92 Å². The predicted molar refractivity (Wildman–Crippen MR) is 97.6 cm³/mol. The number of carboxylic acid groups (broad SMARTS) is 1. The fourth-order valence-electron chi connectivity index (χ4n) is 4.19. The Bertz CT molecular complexity index is 836. The summed E-state index contributed by atoms with van der Waals surface area (Å²) in [6.07, 6.45) is 5.38. The molecule has 1 aromatic rings. The fourth-order valence-corrected chi connectivity index (χ4v) is 4.81. The monoisotopic (exact) mass is 380 g/mol. The maximum absolute atomic E-state index is 13.1. The minimum Gasteiger partial charge on any atom is -0.480 e. The minimum atomic E-state index is -3.47. The molecule has 1 saturated carbocycles. The van der Waals surface area contributed by atoms with Crippen LogP contribution in [0, 0.1) is 12.8 Å². The van der Waals surface area contributed by atoms with Crippen molar-refractivity contribution in [2.75, 3.05) is 11.0 Å². The Morgan fingerprint density at radius 3 is 2.58 bits per heavy atom. The van der Waals surface area contributed by atoms with E-state index < -0.39 is 22.0 Å². The highest BCUT2D eigenvalue weighted by Crippen LogP contribution is 2.40. The van der Waals surface area contributed by atoms with E-state index in [0.717, 1.165) is 31.9 Å². The number of hydrogen-bond donors (Lipinski definition) is 2. The number of carbonyl (C=O) groups is 2. The number of sulfonamides is 1. The van der Waals surface area contributed by atoms with Crippen LogP contribution in [0.2, 0.25) is 0 Å². The molecule has 1 aliphatic heterocycles. The normalized spacial score (nSPS) is 25.6. The van der Waals surface area contributed by atoms with Crippen LogP contribution >= 0.6 is 0 Å². The predicted octanol–water partition coefficient (Wildman–Crippen LogP) is 2.22. The van der Waals surface area contributed by atoms with E-state index in [9.17, 15) is 23.1 Å². The van der Waals surface area contributed by atoms with Gasteiger partial charge in [0.15, 0.2) is 0 Å². The van der Waals surface area contributed by atoms with Crippen molar-refractivity contribution in [1.82, 2.24) is 4.90 Å². The van der Waals surface area contributed by atoms with Gasteiger partial charge in [-0.2, -0.15) is 0 Å². The van der Waals surface area contributed by atoms with Crippen LogP contribution in [0.3, 0.4) is 0 Å². The van der Waals surface area contributed by atoms with Crippen LogP contribution in [0.25, 0.3) is 0 Å². The third-order valence-corrected chi connectivity index (χ3v) is 5.98. The van der Waals surface area contributed by atoms with Gasteiger partial charge in [-0.25, -0.2) is 13.2 Å². The zero-order valence-corrected chi connectivity index (χ0v) is 15.8. The SMILES string of the molecule is Cc1ccc(C(=O)N2C(C(=O)O)CC3CCCCC32)cc1NS(C)(=O)=O. The molecular weight excluding hydrogens is 356 g/mol. The molecule has 0 radical (unpaired) electrons. The molecule has 3 rings (SSSR count). The van der Waals surface area contributed by atoms with E-state index in [4.69, 9.17) is 0 Å². The summed E-state index contributed by atoms with van der Waals surface area (Å²) in [5.41, 5.74) is 1.34. The van der Waals surface area contributed by atoms with Gasteiger partial charge in [-0.05, 0) is 49.8 Å². The molecule has 8 heteroatoms. The lowest BCUT2D eigenvalue weighted by Gasteiger charge is -2.33. The quantitative estimate of drug-likeness (QED) is 0.834. The third-order valence-electron chi connectivity index (χ3n) is 5.39. The summed E-state index contributed by atoms with van der Waals surface area (Å²) in [6.45, 7) is 1.74. The molecule has 1 aliphatic carbocycles. The topological polar surface area (TPSA) is 104 Å². The first-order valence-electron chi connectivity index (χ1n) is 8.81. The molecular formula is C18H24N2O5S. The zero-order chi connectivity index (χ0) is 19.1. The maximum Gasteiger partial charge on any atom is 0.326 e. The summed E-state index contributed by atoms with van der Waals surface area (Å²) >= 11 is 0. The van der Waals surface area contributed by atoms with Gasteiger partial charge in [0.05, 0.1) is 11.9 Å². The zero-order valence-electron chi connectivity index (χ0n) is 14.9. The number of fused-ring (bicyclic) bond motifs is 1. The molecule has 1 aromatic carbocycles. The van der Waals surface area contributed by atoms with E-state index in [1.165, 1.54) is 11.0 Å². The molecule has 2 fully saturated rings. The van der Waals surface area contributed by atoms with Crippen LogP contribution in [0.15, 0.2) is 18.2 Å². The number of aryl methyl sites for hydroxylation is 1. The molecule has 2 aliphatic rings. The number of carbonyl (C=O) groups excluding carboxylic acids is 1. The van der Waals surface area contributed by atoms with E-state index in [1.54, 1.807) is 19.1 Å². The number of hydrogen-bond acceptors (Lipinski definition) is 4. The van der Waals surface area contributed by atoms with E-state index in [-0.39, 0.29) is 17.9 Å². The molecule has 0 aromatic heterocycles. The number of benzene rings is 1. The highest BCUT2D eigenvalue weighted by molar-refractivity contribution is 7.92. The van der Waals surface area contributed by atoms with Crippen molar-refractivity contribution < 1.29 is 23.1 Å². The van der Waals surface area contributed by atoms with Crippen LogP contribution < -0.4 is 4.72 Å². The average molecular weight is 380 g/mol. The number of amides is 1. The van der Waals surface area contributed by atoms with Crippen LogP contribution in [0.1, 0.15) is 48.0 Å². The number of aliphatic carboxylic acids is 1. The molecule has 0 spiro atoms. The van der Waals surface area contributed by atoms with Crippen LogP contribution in [0.5, 0.6) is 0 Å². The maximum atomic E-state index is 13.1. The van der Waals surface area contributed by atoms with Crippen molar-refractivity contribution in [3.05, 3.63) is 29.3 Å². The van der Waals surface area contributed by atoms with Crippen molar-refractivity contribution >= 4 is 27.6 Å². The highest BCUT2D eigenvalue weighted by Gasteiger charge is 2.47. The molecule has 0 bridgehead atoms. The fraction of sp³-hybridized carbons (Fsp3) is 0.556. The lowest BCUT2D eigenvalue weighted by Crippen LogP contribution is -2.46. The Morgan fingerprint density at radius 2 is 1.92 bits per heavy atom. The van der Waals surface area contributed by atoms with Crippen LogP contribution in [0.4, 0.5) is 5.69 Å². The number of rotatable bonds is 4. The lowest BCUT2D eigenvalue weighted by atomic mass is 9.84. The molecule has 3 unspecified atom stereocenters. The number of carboxylic acids is 1. The Morgan fingerprint density at radius 1 is 1.23 bits per heavy atom. The first kappa shape index (κ1) is 18.7. The van der Waals surface area contributed by atoms with Gasteiger partial charge >= 0.3 is 5.97 Å². The lowest BCUT2D eigenvalue weighted by molar-refractivity contribution is -0.141. The summed E-state index contributed by atoms with van der Waals surface area (Å²) < 4.78 is 25.5. The van der Waals surface area contributed by atoms with Crippen molar-refractivity contribution in [3.63, 3.8) is 0 Å². The van der Waals surface area contributed by atoms with Crippen LogP contribution in [-0.4, -0.2) is 48.6 Å². The van der Waals surface area contributed by atoms with Gasteiger partial charge in [-0.15, -0.1) is 0 Å². The standard InChI is InChI=1S/C18H24N2O5S/c1-11-7-8-13(9-14(11)19-26(2,24)25)17(21)20-15-6-4-3-5-12(15)10-16(20)18(22)23/h7-9,12,15-16,19H,3-6,10H2,1-2H3,(H,22,23). The molecule has 2 N–H and O–H groups in total. The average Bonchev–Trinajstić information content (AvgIpc) is 2.95. The molecule has 1 heterocycles. The van der Waals surface area contributed by atoms with E-state index in [0.29, 0.717) is 23.2 Å². The van der Waals surface area contributed by atoms with Crippen molar-refractivity contribution in [3.8, 4) is 0 Å². The van der Waals surface area contributed by atoms with Gasteiger partial charge in [0.1, 0.15) is 6.04 Å². The molecule has 1 amide bonds. The minimum absolute atomic E-state index is 0.0510. The van der Waals surface area contributed by atoms with Crippen LogP contribution in [-0.2, 0) is 14.8 Å². The highest BCUT2D eigenvalue weighted by atomic mass is 32.2. The number of anilines is 1. The third kappa shape index (κ3) is 3.70. The van der Waals surface area contributed by atoms with E-state index >= 15 is 0 Å². The van der Waals surface area contributed by atoms with Gasteiger partial charge < -0.3 is 10.0 Å². The largest absolute Gasteiger partial charge is 0.480 e. The van der Waals surface area contributed by atoms with Gasteiger partial charge in [0.2, 0.25) is 10.0 Å². The second-order valence-corrected chi connectivity index (χ2v) is 9.07. The van der Waals surface area contributed by atoms with Gasteiger partial charge in [0, 0.05) is 11.6 Å². The molecule has 7 nitrogen and oxygen atoms in total. The summed E-state index contributed by atoms with van der Waals surface area (Å²) in [7, 11) is -3.47. The Balaban J connectivity index is 1.94. The second kappa shape index (κ2) is 6.90. The van der Waals surface area contributed by atoms with E-state index in [2.05, 4.69) is 4.72 Å². The van der Waals surface area contributed by atoms with Gasteiger partial charge in [-0.1, -0.05) is 18.9 Å². The Hall–Kier alpha value is -2.09. The van der Waals surface area contributed by atoms with Crippen molar-refractivity contribution in [2.45, 2.75) is 51.1 Å². The second-order valence-electron chi connectivity index (χ2n) is 7.32. The molecule has 3 atom stereocenters. The molecule has 26 heavy (non-hydrogen) atoms. The Labute approximate surface area is 153 Å². The summed E-state index contributed by atoms with van der Waals surface area (Å²) in [5.74, 6) is -1.09.